The molecule has 1 aromatic carbocycles. The zero-order chi connectivity index (χ0) is 15.6. The quantitative estimate of drug-likeness (QED) is 0.838. The molecule has 1 saturated heterocycles. The predicted molar refractivity (Wildman–Crippen MR) is 80.6 cm³/mol. The van der Waals surface area contributed by atoms with Crippen LogP contribution in [0.15, 0.2) is 24.3 Å². The minimum absolute atomic E-state index is 0.547. The molecular formula is C17H23F3N2. The summed E-state index contributed by atoms with van der Waals surface area (Å²) in [5.74, 6) is 0. The molecule has 0 unspecified atom stereocenters. The van der Waals surface area contributed by atoms with Gasteiger partial charge in [0.25, 0.3) is 0 Å². The van der Waals surface area contributed by atoms with Gasteiger partial charge in [-0.05, 0) is 24.5 Å². The molecule has 1 aliphatic carbocycles. The molecule has 2 fully saturated rings. The smallest absolute Gasteiger partial charge is 0.298 e. The Morgan fingerprint density at radius 3 is 2.32 bits per heavy atom. The molecule has 122 valence electrons. The first-order valence-corrected chi connectivity index (χ1v) is 8.15. The van der Waals surface area contributed by atoms with E-state index in [1.54, 1.807) is 6.07 Å². The van der Waals surface area contributed by atoms with Crippen molar-refractivity contribution >= 4 is 0 Å². The van der Waals surface area contributed by atoms with Crippen LogP contribution in [0.5, 0.6) is 0 Å². The Morgan fingerprint density at radius 1 is 1.00 bits per heavy atom. The number of nitrogens with zero attached hydrogens (tertiary/aromatic N) is 2. The van der Waals surface area contributed by atoms with Gasteiger partial charge in [0, 0.05) is 38.8 Å². The lowest BCUT2D eigenvalue weighted by molar-refractivity contribution is -0.137. The number of benzene rings is 1. The largest absolute Gasteiger partial charge is 0.416 e. The van der Waals surface area contributed by atoms with Crippen LogP contribution in [0.4, 0.5) is 13.2 Å². The van der Waals surface area contributed by atoms with Gasteiger partial charge in [-0.1, -0.05) is 31.0 Å². The highest BCUT2D eigenvalue weighted by Crippen LogP contribution is 2.30. The van der Waals surface area contributed by atoms with Gasteiger partial charge in [0.15, 0.2) is 0 Å². The Kier molecular flexibility index (Phi) is 4.73. The third-order valence-corrected chi connectivity index (χ3v) is 4.91. The summed E-state index contributed by atoms with van der Waals surface area (Å²) >= 11 is 0. The summed E-state index contributed by atoms with van der Waals surface area (Å²) in [6.45, 7) is 4.61. The Hall–Kier alpha value is -1.07. The fourth-order valence-corrected chi connectivity index (χ4v) is 3.66. The van der Waals surface area contributed by atoms with E-state index in [1.807, 2.05) is 0 Å². The maximum Gasteiger partial charge on any atom is 0.416 e. The van der Waals surface area contributed by atoms with Gasteiger partial charge in [-0.25, -0.2) is 0 Å². The van der Waals surface area contributed by atoms with Gasteiger partial charge in [-0.3, -0.25) is 9.80 Å². The van der Waals surface area contributed by atoms with E-state index in [-0.39, 0.29) is 0 Å². The molecule has 1 aromatic rings. The topological polar surface area (TPSA) is 6.48 Å². The molecule has 0 atom stereocenters. The second-order valence-corrected chi connectivity index (χ2v) is 6.45. The molecule has 1 heterocycles. The number of rotatable bonds is 3. The lowest BCUT2D eigenvalue weighted by atomic mass is 10.1. The molecule has 0 amide bonds. The molecular weight excluding hydrogens is 289 g/mol. The number of halogens is 3. The van der Waals surface area contributed by atoms with Crippen LogP contribution in [0.2, 0.25) is 0 Å². The van der Waals surface area contributed by atoms with Gasteiger partial charge in [0.2, 0.25) is 0 Å². The highest BCUT2D eigenvalue weighted by molar-refractivity contribution is 5.25. The molecule has 1 aliphatic heterocycles. The first-order chi connectivity index (χ1) is 10.5. The van der Waals surface area contributed by atoms with E-state index in [2.05, 4.69) is 9.80 Å². The zero-order valence-corrected chi connectivity index (χ0v) is 12.8. The zero-order valence-electron chi connectivity index (χ0n) is 12.8. The average Bonchev–Trinajstić information content (AvgIpc) is 3.02. The predicted octanol–water partition coefficient (Wildman–Crippen LogP) is 3.77. The summed E-state index contributed by atoms with van der Waals surface area (Å²) < 4.78 is 38.3. The molecule has 0 radical (unpaired) electrons. The molecule has 0 N–H and O–H groups in total. The summed E-state index contributed by atoms with van der Waals surface area (Å²) in [5.41, 5.74) is 0.207. The summed E-state index contributed by atoms with van der Waals surface area (Å²) in [7, 11) is 0. The van der Waals surface area contributed by atoms with Crippen molar-refractivity contribution in [3.05, 3.63) is 35.4 Å². The second-order valence-electron chi connectivity index (χ2n) is 6.45. The Bertz CT molecular complexity index is 487. The number of piperazine rings is 1. The van der Waals surface area contributed by atoms with Crippen molar-refractivity contribution in [1.82, 2.24) is 9.80 Å². The van der Waals surface area contributed by atoms with Crippen molar-refractivity contribution < 1.29 is 13.2 Å². The van der Waals surface area contributed by atoms with Crippen molar-refractivity contribution in [3.63, 3.8) is 0 Å². The molecule has 5 heteroatoms. The lowest BCUT2D eigenvalue weighted by Crippen LogP contribution is -2.49. The standard InChI is InChI=1S/C17H23F3N2/c18-17(19,20)15-5-3-4-14(12-15)13-21-8-10-22(11-9-21)16-6-1-2-7-16/h3-5,12,16H,1-2,6-11,13H2. The fraction of sp³-hybridized carbons (Fsp3) is 0.647. The van der Waals surface area contributed by atoms with Gasteiger partial charge in [0.05, 0.1) is 5.56 Å². The SMILES string of the molecule is FC(F)(F)c1cccc(CN2CCN(C3CCCC3)CC2)c1. The van der Waals surface area contributed by atoms with Crippen LogP contribution < -0.4 is 0 Å². The van der Waals surface area contributed by atoms with E-state index in [0.717, 1.165) is 43.9 Å². The van der Waals surface area contributed by atoms with Crippen LogP contribution in [0, 0.1) is 0 Å². The molecule has 3 rings (SSSR count). The summed E-state index contributed by atoms with van der Waals surface area (Å²) in [6.07, 6.45) is 1.06. The highest BCUT2D eigenvalue weighted by atomic mass is 19.4. The second kappa shape index (κ2) is 6.59. The summed E-state index contributed by atoms with van der Waals surface area (Å²) in [6, 6.07) is 6.46. The molecule has 1 saturated carbocycles. The molecule has 0 spiro atoms. The van der Waals surface area contributed by atoms with Crippen LogP contribution in [0.25, 0.3) is 0 Å². The van der Waals surface area contributed by atoms with Crippen LogP contribution in [-0.4, -0.2) is 42.0 Å². The van der Waals surface area contributed by atoms with Crippen molar-refractivity contribution in [2.24, 2.45) is 0 Å². The molecule has 2 nitrogen and oxygen atoms in total. The third-order valence-electron chi connectivity index (χ3n) is 4.91. The third kappa shape index (κ3) is 3.82. The van der Waals surface area contributed by atoms with Crippen LogP contribution >= 0.6 is 0 Å². The monoisotopic (exact) mass is 312 g/mol. The maximum absolute atomic E-state index is 12.8. The van der Waals surface area contributed by atoms with Gasteiger partial charge in [-0.2, -0.15) is 13.2 Å². The van der Waals surface area contributed by atoms with Gasteiger partial charge in [0.1, 0.15) is 0 Å². The van der Waals surface area contributed by atoms with E-state index >= 15 is 0 Å². The van der Waals surface area contributed by atoms with E-state index in [1.165, 1.54) is 37.8 Å². The van der Waals surface area contributed by atoms with Gasteiger partial charge >= 0.3 is 6.18 Å². The normalized spacial score (nSPS) is 22.3. The maximum atomic E-state index is 12.8. The van der Waals surface area contributed by atoms with Crippen molar-refractivity contribution in [3.8, 4) is 0 Å². The molecule has 2 aliphatic rings. The van der Waals surface area contributed by atoms with Gasteiger partial charge < -0.3 is 0 Å². The van der Waals surface area contributed by atoms with E-state index in [0.29, 0.717) is 6.54 Å². The highest BCUT2D eigenvalue weighted by Gasteiger charge is 2.31. The number of hydrogen-bond acceptors (Lipinski definition) is 2. The minimum Gasteiger partial charge on any atom is -0.298 e. The first-order valence-electron chi connectivity index (χ1n) is 8.15. The molecule has 22 heavy (non-hydrogen) atoms. The summed E-state index contributed by atoms with van der Waals surface area (Å²) in [5, 5.41) is 0. The van der Waals surface area contributed by atoms with Crippen molar-refractivity contribution in [1.29, 1.82) is 0 Å². The number of alkyl halides is 3. The van der Waals surface area contributed by atoms with Gasteiger partial charge in [-0.15, -0.1) is 0 Å². The van der Waals surface area contributed by atoms with E-state index < -0.39 is 11.7 Å². The Labute approximate surface area is 129 Å². The summed E-state index contributed by atoms with van der Waals surface area (Å²) in [4.78, 5) is 4.83. The van der Waals surface area contributed by atoms with E-state index in [4.69, 9.17) is 0 Å². The van der Waals surface area contributed by atoms with Crippen LogP contribution in [-0.2, 0) is 12.7 Å². The number of hydrogen-bond donors (Lipinski definition) is 0. The Morgan fingerprint density at radius 2 is 1.68 bits per heavy atom. The minimum atomic E-state index is -4.25. The van der Waals surface area contributed by atoms with Crippen molar-refractivity contribution in [2.75, 3.05) is 26.2 Å². The average molecular weight is 312 g/mol. The van der Waals surface area contributed by atoms with Crippen LogP contribution in [0.3, 0.4) is 0 Å². The molecule has 0 aromatic heterocycles. The fourth-order valence-electron chi connectivity index (χ4n) is 3.66. The van der Waals surface area contributed by atoms with Crippen LogP contribution in [0.1, 0.15) is 36.8 Å². The lowest BCUT2D eigenvalue weighted by Gasteiger charge is -2.38. The first kappa shape index (κ1) is 15.8. The molecule has 0 bridgehead atoms. The van der Waals surface area contributed by atoms with E-state index in [9.17, 15) is 13.2 Å². The van der Waals surface area contributed by atoms with Crippen molar-refractivity contribution in [2.45, 2.75) is 44.4 Å². The Balaban J connectivity index is 1.54.